The molecule has 0 spiro atoms. The van der Waals surface area contributed by atoms with Gasteiger partial charge in [-0.05, 0) is 81.0 Å². The molecule has 8 heteroatoms. The van der Waals surface area contributed by atoms with Crippen molar-refractivity contribution in [2.24, 2.45) is 0 Å². The third-order valence-corrected chi connectivity index (χ3v) is 8.59. The van der Waals surface area contributed by atoms with Crippen molar-refractivity contribution in [1.82, 2.24) is 10.2 Å². The monoisotopic (exact) mass is 563 g/mol. The molecule has 214 valence electrons. The molecule has 3 aromatic rings. The van der Waals surface area contributed by atoms with Gasteiger partial charge in [-0.3, -0.25) is 13.9 Å². The minimum atomic E-state index is -4.08. The summed E-state index contributed by atoms with van der Waals surface area (Å²) >= 11 is 0. The first-order valence-electron chi connectivity index (χ1n) is 13.9. The van der Waals surface area contributed by atoms with Crippen LogP contribution < -0.4 is 9.62 Å². The summed E-state index contributed by atoms with van der Waals surface area (Å²) in [6.07, 6.45) is 1.72. The summed E-state index contributed by atoms with van der Waals surface area (Å²) in [6.45, 7) is 9.88. The van der Waals surface area contributed by atoms with Crippen molar-refractivity contribution in [3.63, 3.8) is 0 Å². The van der Waals surface area contributed by atoms with Gasteiger partial charge in [0.2, 0.25) is 11.8 Å². The van der Waals surface area contributed by atoms with Crippen molar-refractivity contribution in [2.75, 3.05) is 23.9 Å². The van der Waals surface area contributed by atoms with Crippen LogP contribution in [-0.4, -0.2) is 50.8 Å². The first-order chi connectivity index (χ1) is 19.1. The molecule has 0 aliphatic carbocycles. The molecule has 0 saturated heterocycles. The number of benzene rings is 3. The molecule has 1 unspecified atom stereocenters. The molecule has 1 atom stereocenters. The zero-order valence-electron chi connectivity index (χ0n) is 24.2. The van der Waals surface area contributed by atoms with E-state index in [1.54, 1.807) is 36.4 Å². The van der Waals surface area contributed by atoms with Gasteiger partial charge in [-0.2, -0.15) is 0 Å². The van der Waals surface area contributed by atoms with Gasteiger partial charge in [-0.15, -0.1) is 0 Å². The molecule has 3 aromatic carbocycles. The van der Waals surface area contributed by atoms with E-state index in [9.17, 15) is 18.0 Å². The summed E-state index contributed by atoms with van der Waals surface area (Å²) in [5.41, 5.74) is 4.15. The van der Waals surface area contributed by atoms with Crippen LogP contribution in [0.4, 0.5) is 5.69 Å². The number of sulfonamides is 1. The Morgan fingerprint density at radius 3 is 2.05 bits per heavy atom. The molecule has 2 amide bonds. The molecular formula is C32H41N3O4S. The third kappa shape index (κ3) is 7.94. The standard InChI is InChI=1S/C32H41N3O4S/c1-6-18-33-32(37)30(7-2)34(19-17-27-11-9-8-10-12-27)31(36)23-35(28-21-25(4)20-26(5)22-28)40(38,39)29-15-13-24(3)14-16-29/h8-16,20-22,30H,6-7,17-19,23H2,1-5H3,(H,33,37). The third-order valence-electron chi connectivity index (χ3n) is 6.80. The largest absolute Gasteiger partial charge is 0.354 e. The number of hydrogen-bond acceptors (Lipinski definition) is 4. The number of nitrogens with one attached hydrogen (secondary N) is 1. The van der Waals surface area contributed by atoms with Crippen LogP contribution >= 0.6 is 0 Å². The van der Waals surface area contributed by atoms with E-state index in [1.807, 2.05) is 71.0 Å². The number of rotatable bonds is 13. The van der Waals surface area contributed by atoms with Crippen LogP contribution in [0.2, 0.25) is 0 Å². The SMILES string of the molecule is CCCNC(=O)C(CC)N(CCc1ccccc1)C(=O)CN(c1cc(C)cc(C)c1)S(=O)(=O)c1ccc(C)cc1. The number of carbonyl (C=O) groups is 2. The smallest absolute Gasteiger partial charge is 0.264 e. The van der Waals surface area contributed by atoms with Gasteiger partial charge in [0.05, 0.1) is 10.6 Å². The number of carbonyl (C=O) groups excluding carboxylic acids is 2. The molecule has 0 heterocycles. The number of amides is 2. The lowest BCUT2D eigenvalue weighted by molar-refractivity contribution is -0.139. The van der Waals surface area contributed by atoms with E-state index in [2.05, 4.69) is 5.32 Å². The summed E-state index contributed by atoms with van der Waals surface area (Å²) in [5.74, 6) is -0.658. The quantitative estimate of drug-likeness (QED) is 0.310. The predicted molar refractivity (Wildman–Crippen MR) is 161 cm³/mol. The van der Waals surface area contributed by atoms with Crippen LogP contribution in [0.1, 0.15) is 48.9 Å². The Hall–Kier alpha value is -3.65. The van der Waals surface area contributed by atoms with Crippen molar-refractivity contribution in [3.8, 4) is 0 Å². The Balaban J connectivity index is 2.03. The van der Waals surface area contributed by atoms with Crippen molar-refractivity contribution < 1.29 is 18.0 Å². The van der Waals surface area contributed by atoms with Gasteiger partial charge in [0.15, 0.2) is 0 Å². The van der Waals surface area contributed by atoms with Crippen molar-refractivity contribution in [1.29, 1.82) is 0 Å². The maximum Gasteiger partial charge on any atom is 0.264 e. The summed E-state index contributed by atoms with van der Waals surface area (Å²) in [5, 5.41) is 2.91. The molecule has 7 nitrogen and oxygen atoms in total. The van der Waals surface area contributed by atoms with Crippen LogP contribution in [0, 0.1) is 20.8 Å². The van der Waals surface area contributed by atoms with Crippen molar-refractivity contribution in [2.45, 2.75) is 64.8 Å². The minimum absolute atomic E-state index is 0.105. The van der Waals surface area contributed by atoms with Gasteiger partial charge in [0, 0.05) is 13.1 Å². The molecule has 0 aliphatic rings. The first kappa shape index (κ1) is 30.9. The van der Waals surface area contributed by atoms with Gasteiger partial charge < -0.3 is 10.2 Å². The topological polar surface area (TPSA) is 86.8 Å². The molecule has 3 rings (SSSR count). The summed E-state index contributed by atoms with van der Waals surface area (Å²) in [7, 11) is -4.08. The summed E-state index contributed by atoms with van der Waals surface area (Å²) in [4.78, 5) is 28.9. The molecule has 0 aliphatic heterocycles. The predicted octanol–water partition coefficient (Wildman–Crippen LogP) is 5.18. The van der Waals surface area contributed by atoms with Crippen molar-refractivity contribution in [3.05, 3.63) is 95.1 Å². The molecule has 0 fully saturated rings. The van der Waals surface area contributed by atoms with Gasteiger partial charge in [0.25, 0.3) is 10.0 Å². The number of anilines is 1. The van der Waals surface area contributed by atoms with Crippen LogP contribution in [0.5, 0.6) is 0 Å². The Bertz CT molecular complexity index is 1370. The highest BCUT2D eigenvalue weighted by atomic mass is 32.2. The molecule has 40 heavy (non-hydrogen) atoms. The Kier molecular flexibility index (Phi) is 10.9. The lowest BCUT2D eigenvalue weighted by Gasteiger charge is -2.33. The molecule has 0 radical (unpaired) electrons. The van der Waals surface area contributed by atoms with E-state index in [0.717, 1.165) is 28.7 Å². The fraction of sp³-hybridized carbons (Fsp3) is 0.375. The van der Waals surface area contributed by atoms with Gasteiger partial charge in [-0.1, -0.05) is 67.9 Å². The number of hydrogen-bond donors (Lipinski definition) is 1. The Morgan fingerprint density at radius 1 is 0.850 bits per heavy atom. The average molecular weight is 564 g/mol. The van der Waals surface area contributed by atoms with Crippen LogP contribution in [-0.2, 0) is 26.0 Å². The molecule has 0 saturated carbocycles. The van der Waals surface area contributed by atoms with E-state index in [0.29, 0.717) is 25.1 Å². The fourth-order valence-electron chi connectivity index (χ4n) is 4.72. The first-order valence-corrected chi connectivity index (χ1v) is 15.3. The van der Waals surface area contributed by atoms with Crippen LogP contribution in [0.15, 0.2) is 77.7 Å². The second-order valence-electron chi connectivity index (χ2n) is 10.2. The van der Waals surface area contributed by atoms with Gasteiger partial charge >= 0.3 is 0 Å². The second kappa shape index (κ2) is 14.1. The highest BCUT2D eigenvalue weighted by Gasteiger charge is 2.33. The van der Waals surface area contributed by atoms with Crippen LogP contribution in [0.25, 0.3) is 0 Å². The maximum absolute atomic E-state index is 14.1. The zero-order valence-corrected chi connectivity index (χ0v) is 25.0. The molecular weight excluding hydrogens is 522 g/mol. The van der Waals surface area contributed by atoms with E-state index in [4.69, 9.17) is 0 Å². The van der Waals surface area contributed by atoms with E-state index < -0.39 is 28.5 Å². The summed E-state index contributed by atoms with van der Waals surface area (Å²) in [6, 6.07) is 21.1. The van der Waals surface area contributed by atoms with Crippen molar-refractivity contribution >= 4 is 27.5 Å². The Labute approximate surface area is 239 Å². The molecule has 0 aromatic heterocycles. The van der Waals surface area contributed by atoms with Gasteiger partial charge in [-0.25, -0.2) is 8.42 Å². The van der Waals surface area contributed by atoms with E-state index >= 15 is 0 Å². The Morgan fingerprint density at radius 2 is 1.48 bits per heavy atom. The lowest BCUT2D eigenvalue weighted by atomic mass is 10.1. The van der Waals surface area contributed by atoms with Crippen LogP contribution in [0.3, 0.4) is 0 Å². The van der Waals surface area contributed by atoms with Gasteiger partial charge in [0.1, 0.15) is 12.6 Å². The molecule has 1 N–H and O–H groups in total. The number of aryl methyl sites for hydroxylation is 3. The number of nitrogens with zero attached hydrogens (tertiary/aromatic N) is 2. The maximum atomic E-state index is 14.1. The normalized spacial score (nSPS) is 12.0. The van der Waals surface area contributed by atoms with E-state index in [-0.39, 0.29) is 17.3 Å². The average Bonchev–Trinajstić information content (AvgIpc) is 2.92. The fourth-order valence-corrected chi connectivity index (χ4v) is 6.12. The summed E-state index contributed by atoms with van der Waals surface area (Å²) < 4.78 is 29.2. The minimum Gasteiger partial charge on any atom is -0.354 e. The highest BCUT2D eigenvalue weighted by Crippen LogP contribution is 2.27. The molecule has 0 bridgehead atoms. The highest BCUT2D eigenvalue weighted by molar-refractivity contribution is 7.92. The second-order valence-corrected chi connectivity index (χ2v) is 12.1. The lowest BCUT2D eigenvalue weighted by Crippen LogP contribution is -2.53. The zero-order chi connectivity index (χ0) is 29.3. The van der Waals surface area contributed by atoms with E-state index in [1.165, 1.54) is 9.21 Å².